The van der Waals surface area contributed by atoms with Crippen LogP contribution in [-0.4, -0.2) is 13.6 Å². The maximum atomic E-state index is 5.39. The van der Waals surface area contributed by atoms with Crippen LogP contribution in [-0.2, 0) is 6.42 Å². The van der Waals surface area contributed by atoms with Crippen molar-refractivity contribution in [3.05, 3.63) is 22.1 Å². The van der Waals surface area contributed by atoms with E-state index in [0.717, 1.165) is 23.4 Å². The predicted molar refractivity (Wildman–Crippen MR) is 48.8 cm³/mol. The molecular formula is C8H12BrNO. The van der Waals surface area contributed by atoms with Crippen molar-refractivity contribution in [2.75, 3.05) is 13.6 Å². The quantitative estimate of drug-likeness (QED) is 0.840. The molecule has 1 aromatic rings. The molecule has 3 heteroatoms. The first-order valence-corrected chi connectivity index (χ1v) is 4.42. The standard InChI is InChI=1S/C8H12BrNO/c1-6-5-8(9)11-7(6)3-4-10-2/h5,10H,3-4H2,1-2H3. The van der Waals surface area contributed by atoms with E-state index < -0.39 is 0 Å². The van der Waals surface area contributed by atoms with E-state index in [-0.39, 0.29) is 0 Å². The van der Waals surface area contributed by atoms with Crippen molar-refractivity contribution in [2.24, 2.45) is 0 Å². The summed E-state index contributed by atoms with van der Waals surface area (Å²) in [6.45, 7) is 3.01. The van der Waals surface area contributed by atoms with Gasteiger partial charge in [0.05, 0.1) is 0 Å². The number of halogens is 1. The van der Waals surface area contributed by atoms with Gasteiger partial charge >= 0.3 is 0 Å². The first-order chi connectivity index (χ1) is 5.24. The van der Waals surface area contributed by atoms with Gasteiger partial charge in [-0.05, 0) is 41.5 Å². The van der Waals surface area contributed by atoms with Gasteiger partial charge in [-0.25, -0.2) is 0 Å². The highest BCUT2D eigenvalue weighted by atomic mass is 79.9. The third-order valence-electron chi connectivity index (χ3n) is 1.59. The average Bonchev–Trinajstić information content (AvgIpc) is 2.26. The smallest absolute Gasteiger partial charge is 0.169 e. The number of likely N-dealkylation sites (N-methyl/N-ethyl adjacent to an activating group) is 1. The molecule has 0 radical (unpaired) electrons. The molecule has 62 valence electrons. The Labute approximate surface area is 75.1 Å². The fourth-order valence-corrected chi connectivity index (χ4v) is 1.50. The normalized spacial score (nSPS) is 10.5. The number of hydrogen-bond donors (Lipinski definition) is 1. The van der Waals surface area contributed by atoms with Gasteiger partial charge < -0.3 is 9.73 Å². The lowest BCUT2D eigenvalue weighted by molar-refractivity contribution is 0.481. The van der Waals surface area contributed by atoms with Crippen molar-refractivity contribution in [1.82, 2.24) is 5.32 Å². The molecule has 0 aliphatic carbocycles. The highest BCUT2D eigenvalue weighted by Crippen LogP contribution is 2.19. The van der Waals surface area contributed by atoms with Gasteiger partial charge in [0, 0.05) is 13.0 Å². The van der Waals surface area contributed by atoms with Gasteiger partial charge in [0.2, 0.25) is 0 Å². The Morgan fingerprint density at radius 3 is 2.82 bits per heavy atom. The van der Waals surface area contributed by atoms with Crippen LogP contribution in [0.25, 0.3) is 0 Å². The molecule has 0 aromatic carbocycles. The maximum Gasteiger partial charge on any atom is 0.169 e. The molecule has 0 aliphatic rings. The van der Waals surface area contributed by atoms with Crippen LogP contribution in [0.3, 0.4) is 0 Å². The van der Waals surface area contributed by atoms with E-state index in [1.165, 1.54) is 5.56 Å². The second-order valence-electron chi connectivity index (χ2n) is 2.51. The Morgan fingerprint density at radius 2 is 2.36 bits per heavy atom. The summed E-state index contributed by atoms with van der Waals surface area (Å²) in [6, 6.07) is 1.99. The van der Waals surface area contributed by atoms with Crippen molar-refractivity contribution >= 4 is 15.9 Å². The molecule has 0 unspecified atom stereocenters. The van der Waals surface area contributed by atoms with Gasteiger partial charge in [-0.2, -0.15) is 0 Å². The lowest BCUT2D eigenvalue weighted by atomic mass is 10.2. The SMILES string of the molecule is CNCCc1oc(Br)cc1C. The van der Waals surface area contributed by atoms with Gasteiger partial charge in [-0.1, -0.05) is 0 Å². The number of nitrogens with one attached hydrogen (secondary N) is 1. The number of hydrogen-bond acceptors (Lipinski definition) is 2. The molecule has 0 fully saturated rings. The third kappa shape index (κ3) is 2.34. The lowest BCUT2D eigenvalue weighted by Crippen LogP contribution is -2.10. The van der Waals surface area contributed by atoms with Crippen molar-refractivity contribution in [3.8, 4) is 0 Å². The second kappa shape index (κ2) is 3.93. The van der Waals surface area contributed by atoms with E-state index in [1.807, 2.05) is 13.1 Å². The minimum absolute atomic E-state index is 0.820. The summed E-state index contributed by atoms with van der Waals surface area (Å²) >= 11 is 3.29. The van der Waals surface area contributed by atoms with E-state index in [2.05, 4.69) is 28.2 Å². The topological polar surface area (TPSA) is 25.2 Å². The summed E-state index contributed by atoms with van der Waals surface area (Å²) < 4.78 is 6.21. The summed E-state index contributed by atoms with van der Waals surface area (Å²) in [7, 11) is 1.94. The molecule has 0 aliphatic heterocycles. The monoisotopic (exact) mass is 217 g/mol. The Balaban J connectivity index is 2.62. The van der Waals surface area contributed by atoms with E-state index in [9.17, 15) is 0 Å². The molecule has 1 rings (SSSR count). The van der Waals surface area contributed by atoms with Crippen molar-refractivity contribution in [3.63, 3.8) is 0 Å². The van der Waals surface area contributed by atoms with Crippen LogP contribution in [0.5, 0.6) is 0 Å². The number of furan rings is 1. The molecular weight excluding hydrogens is 206 g/mol. The minimum Gasteiger partial charge on any atom is -0.454 e. The molecule has 0 bridgehead atoms. The lowest BCUT2D eigenvalue weighted by Gasteiger charge is -1.96. The molecule has 1 heterocycles. The summed E-state index contributed by atoms with van der Waals surface area (Å²) in [6.07, 6.45) is 0.952. The zero-order valence-electron chi connectivity index (χ0n) is 6.78. The zero-order valence-corrected chi connectivity index (χ0v) is 8.36. The summed E-state index contributed by atoms with van der Waals surface area (Å²) in [4.78, 5) is 0. The predicted octanol–water partition coefficient (Wildman–Crippen LogP) is 2.11. The zero-order chi connectivity index (χ0) is 8.27. The molecule has 1 N–H and O–H groups in total. The highest BCUT2D eigenvalue weighted by molar-refractivity contribution is 9.10. The summed E-state index contributed by atoms with van der Waals surface area (Å²) in [5.41, 5.74) is 1.21. The van der Waals surface area contributed by atoms with Gasteiger partial charge in [0.15, 0.2) is 4.67 Å². The second-order valence-corrected chi connectivity index (χ2v) is 3.29. The van der Waals surface area contributed by atoms with E-state index in [0.29, 0.717) is 0 Å². The molecule has 0 spiro atoms. The van der Waals surface area contributed by atoms with Crippen LogP contribution in [0.15, 0.2) is 15.2 Å². The average molecular weight is 218 g/mol. The first kappa shape index (κ1) is 8.81. The third-order valence-corrected chi connectivity index (χ3v) is 1.98. The van der Waals surface area contributed by atoms with Crippen LogP contribution >= 0.6 is 15.9 Å². The molecule has 11 heavy (non-hydrogen) atoms. The van der Waals surface area contributed by atoms with Gasteiger partial charge in [0.1, 0.15) is 5.76 Å². The largest absolute Gasteiger partial charge is 0.454 e. The van der Waals surface area contributed by atoms with Crippen LogP contribution in [0.2, 0.25) is 0 Å². The van der Waals surface area contributed by atoms with Crippen molar-refractivity contribution in [2.45, 2.75) is 13.3 Å². The maximum absolute atomic E-state index is 5.39. The minimum atomic E-state index is 0.820. The first-order valence-electron chi connectivity index (χ1n) is 3.63. The Bertz CT molecular complexity index is 232. The van der Waals surface area contributed by atoms with Crippen molar-refractivity contribution < 1.29 is 4.42 Å². The molecule has 0 saturated carbocycles. The van der Waals surface area contributed by atoms with Gasteiger partial charge in [0.25, 0.3) is 0 Å². The van der Waals surface area contributed by atoms with Crippen LogP contribution < -0.4 is 5.32 Å². The fourth-order valence-electron chi connectivity index (χ4n) is 0.965. The Morgan fingerprint density at radius 1 is 1.64 bits per heavy atom. The molecule has 0 saturated heterocycles. The highest BCUT2D eigenvalue weighted by Gasteiger charge is 2.03. The number of rotatable bonds is 3. The number of aryl methyl sites for hydroxylation is 1. The van der Waals surface area contributed by atoms with Gasteiger partial charge in [-0.15, -0.1) is 0 Å². The Kier molecular flexibility index (Phi) is 3.15. The molecule has 1 aromatic heterocycles. The van der Waals surface area contributed by atoms with Gasteiger partial charge in [-0.3, -0.25) is 0 Å². The van der Waals surface area contributed by atoms with Crippen LogP contribution in [0, 0.1) is 6.92 Å². The van der Waals surface area contributed by atoms with Crippen LogP contribution in [0.1, 0.15) is 11.3 Å². The fraction of sp³-hybridized carbons (Fsp3) is 0.500. The molecule has 0 amide bonds. The van der Waals surface area contributed by atoms with E-state index in [1.54, 1.807) is 0 Å². The summed E-state index contributed by atoms with van der Waals surface area (Å²) in [5.74, 6) is 1.06. The van der Waals surface area contributed by atoms with Crippen LogP contribution in [0.4, 0.5) is 0 Å². The molecule has 2 nitrogen and oxygen atoms in total. The van der Waals surface area contributed by atoms with E-state index in [4.69, 9.17) is 4.42 Å². The van der Waals surface area contributed by atoms with E-state index >= 15 is 0 Å². The summed E-state index contributed by atoms with van der Waals surface area (Å²) in [5, 5.41) is 3.08. The molecule has 0 atom stereocenters. The van der Waals surface area contributed by atoms with Crippen molar-refractivity contribution in [1.29, 1.82) is 0 Å². The Hall–Kier alpha value is -0.280.